The van der Waals surface area contributed by atoms with Crippen molar-refractivity contribution >= 4 is 0 Å². The van der Waals surface area contributed by atoms with Crippen LogP contribution in [0.3, 0.4) is 0 Å². The van der Waals surface area contributed by atoms with Crippen molar-refractivity contribution in [2.24, 2.45) is 0 Å². The molecule has 0 saturated heterocycles. The Balaban J connectivity index is 2.24. The van der Waals surface area contributed by atoms with E-state index in [0.717, 1.165) is 5.56 Å². The summed E-state index contributed by atoms with van der Waals surface area (Å²) in [5.74, 6) is 0. The molecule has 2 aromatic rings. The van der Waals surface area contributed by atoms with Crippen molar-refractivity contribution < 1.29 is 4.74 Å². The third kappa shape index (κ3) is 2.73. The van der Waals surface area contributed by atoms with Crippen LogP contribution in [0.2, 0.25) is 0 Å². The molecule has 2 heteroatoms. The Morgan fingerprint density at radius 3 is 2.00 bits per heavy atom. The molecule has 0 saturated carbocycles. The zero-order valence-electron chi connectivity index (χ0n) is 10.2. The van der Waals surface area contributed by atoms with Gasteiger partial charge in [0.1, 0.15) is 6.23 Å². The second-order valence-electron chi connectivity index (χ2n) is 3.89. The Morgan fingerprint density at radius 2 is 1.47 bits per heavy atom. The van der Waals surface area contributed by atoms with Gasteiger partial charge < -0.3 is 4.74 Å². The molecule has 0 aliphatic heterocycles. The molecule has 1 unspecified atom stereocenters. The molecular formula is C15H17NO. The van der Waals surface area contributed by atoms with Crippen LogP contribution in [0.4, 0.5) is 0 Å². The molecule has 0 spiro atoms. The van der Waals surface area contributed by atoms with Gasteiger partial charge in [0.25, 0.3) is 0 Å². The Hall–Kier alpha value is -1.64. The minimum Gasteiger partial charge on any atom is -0.362 e. The highest BCUT2D eigenvalue weighted by Crippen LogP contribution is 2.21. The lowest BCUT2D eigenvalue weighted by molar-refractivity contribution is 0.0809. The van der Waals surface area contributed by atoms with E-state index in [0.29, 0.717) is 0 Å². The largest absolute Gasteiger partial charge is 0.362 e. The zero-order chi connectivity index (χ0) is 12.1. The maximum absolute atomic E-state index is 5.32. The van der Waals surface area contributed by atoms with Crippen LogP contribution in [0.25, 0.3) is 11.1 Å². The standard InChI is InChI=1S/C15H17NO/c1-16-15(17-2)14-10-8-13(9-11-14)12-6-4-3-5-7-12/h3-11,15-16H,1-2H3. The fourth-order valence-electron chi connectivity index (χ4n) is 1.90. The van der Waals surface area contributed by atoms with Crippen LogP contribution in [0.5, 0.6) is 0 Å². The lowest BCUT2D eigenvalue weighted by Gasteiger charge is -2.14. The van der Waals surface area contributed by atoms with Crippen LogP contribution in [0, 0.1) is 0 Å². The van der Waals surface area contributed by atoms with Gasteiger partial charge in [0, 0.05) is 7.11 Å². The van der Waals surface area contributed by atoms with Gasteiger partial charge in [-0.15, -0.1) is 0 Å². The lowest BCUT2D eigenvalue weighted by atomic mass is 10.0. The van der Waals surface area contributed by atoms with Crippen molar-refractivity contribution in [1.82, 2.24) is 5.32 Å². The predicted molar refractivity (Wildman–Crippen MR) is 70.7 cm³/mol. The molecule has 0 bridgehead atoms. The van der Waals surface area contributed by atoms with Gasteiger partial charge in [0.15, 0.2) is 0 Å². The van der Waals surface area contributed by atoms with Crippen LogP contribution >= 0.6 is 0 Å². The first kappa shape index (κ1) is 11.8. The first-order valence-electron chi connectivity index (χ1n) is 5.70. The van der Waals surface area contributed by atoms with E-state index in [-0.39, 0.29) is 6.23 Å². The Labute approximate surface area is 102 Å². The summed E-state index contributed by atoms with van der Waals surface area (Å²) in [5.41, 5.74) is 3.59. The summed E-state index contributed by atoms with van der Waals surface area (Å²) in [6.45, 7) is 0. The Kier molecular flexibility index (Phi) is 3.91. The Bertz CT molecular complexity index is 446. The number of hydrogen-bond donors (Lipinski definition) is 1. The monoisotopic (exact) mass is 227 g/mol. The van der Waals surface area contributed by atoms with E-state index < -0.39 is 0 Å². The molecule has 17 heavy (non-hydrogen) atoms. The number of rotatable bonds is 4. The molecule has 0 aliphatic rings. The van der Waals surface area contributed by atoms with E-state index in [2.05, 4.69) is 53.8 Å². The number of ether oxygens (including phenoxy) is 1. The van der Waals surface area contributed by atoms with Crippen molar-refractivity contribution in [1.29, 1.82) is 0 Å². The molecule has 2 aromatic carbocycles. The molecule has 88 valence electrons. The first-order valence-corrected chi connectivity index (χ1v) is 5.70. The maximum Gasteiger partial charge on any atom is 0.133 e. The molecule has 1 atom stereocenters. The van der Waals surface area contributed by atoms with Crippen LogP contribution < -0.4 is 5.32 Å². The zero-order valence-corrected chi connectivity index (χ0v) is 10.2. The van der Waals surface area contributed by atoms with Gasteiger partial charge in [-0.25, -0.2) is 0 Å². The van der Waals surface area contributed by atoms with E-state index >= 15 is 0 Å². The van der Waals surface area contributed by atoms with Gasteiger partial charge in [0.2, 0.25) is 0 Å². The summed E-state index contributed by atoms with van der Waals surface area (Å²) in [4.78, 5) is 0. The normalized spacial score (nSPS) is 12.4. The summed E-state index contributed by atoms with van der Waals surface area (Å²) in [6, 6.07) is 18.8. The molecule has 2 rings (SSSR count). The van der Waals surface area contributed by atoms with Crippen LogP contribution in [-0.2, 0) is 4.74 Å². The summed E-state index contributed by atoms with van der Waals surface area (Å²) in [6.07, 6.45) is -0.0418. The molecule has 1 N–H and O–H groups in total. The van der Waals surface area contributed by atoms with E-state index in [1.54, 1.807) is 7.11 Å². The smallest absolute Gasteiger partial charge is 0.133 e. The number of hydrogen-bond acceptors (Lipinski definition) is 2. The van der Waals surface area contributed by atoms with Crippen molar-refractivity contribution in [3.05, 3.63) is 60.2 Å². The van der Waals surface area contributed by atoms with Gasteiger partial charge in [0.05, 0.1) is 0 Å². The fourth-order valence-corrected chi connectivity index (χ4v) is 1.90. The fraction of sp³-hybridized carbons (Fsp3) is 0.200. The van der Waals surface area contributed by atoms with E-state index in [1.807, 2.05) is 13.1 Å². The molecule has 0 amide bonds. The molecule has 0 radical (unpaired) electrons. The third-order valence-corrected chi connectivity index (χ3v) is 2.82. The van der Waals surface area contributed by atoms with Gasteiger partial charge in [-0.3, -0.25) is 5.32 Å². The highest BCUT2D eigenvalue weighted by Gasteiger charge is 2.06. The maximum atomic E-state index is 5.32. The van der Waals surface area contributed by atoms with Gasteiger partial charge in [-0.2, -0.15) is 0 Å². The van der Waals surface area contributed by atoms with E-state index in [1.165, 1.54) is 11.1 Å². The van der Waals surface area contributed by atoms with Gasteiger partial charge in [-0.05, 0) is 23.7 Å². The highest BCUT2D eigenvalue weighted by atomic mass is 16.5. The average molecular weight is 227 g/mol. The highest BCUT2D eigenvalue weighted by molar-refractivity contribution is 5.63. The van der Waals surface area contributed by atoms with Gasteiger partial charge >= 0.3 is 0 Å². The van der Waals surface area contributed by atoms with E-state index in [9.17, 15) is 0 Å². The Morgan fingerprint density at radius 1 is 0.882 bits per heavy atom. The summed E-state index contributed by atoms with van der Waals surface area (Å²) >= 11 is 0. The topological polar surface area (TPSA) is 21.3 Å². The molecule has 0 aliphatic carbocycles. The minimum absolute atomic E-state index is 0.0418. The summed E-state index contributed by atoms with van der Waals surface area (Å²) in [5, 5.41) is 3.11. The van der Waals surface area contributed by atoms with E-state index in [4.69, 9.17) is 4.74 Å². The molecule has 0 fully saturated rings. The van der Waals surface area contributed by atoms with Crippen LogP contribution in [0.1, 0.15) is 11.8 Å². The van der Waals surface area contributed by atoms with Crippen molar-refractivity contribution in [2.45, 2.75) is 6.23 Å². The molecule has 0 heterocycles. The average Bonchev–Trinajstić information content (AvgIpc) is 2.42. The molecular weight excluding hydrogens is 210 g/mol. The van der Waals surface area contributed by atoms with Crippen LogP contribution in [0.15, 0.2) is 54.6 Å². The number of benzene rings is 2. The van der Waals surface area contributed by atoms with Crippen LogP contribution in [-0.4, -0.2) is 14.2 Å². The quantitative estimate of drug-likeness (QED) is 0.810. The number of nitrogens with one attached hydrogen (secondary N) is 1. The minimum atomic E-state index is -0.0418. The first-order chi connectivity index (χ1) is 8.35. The molecule has 0 aromatic heterocycles. The summed E-state index contributed by atoms with van der Waals surface area (Å²) < 4.78 is 5.32. The number of methoxy groups -OCH3 is 1. The lowest BCUT2D eigenvalue weighted by Crippen LogP contribution is -2.17. The SMILES string of the molecule is CNC(OC)c1ccc(-c2ccccc2)cc1. The second kappa shape index (κ2) is 5.62. The second-order valence-corrected chi connectivity index (χ2v) is 3.89. The van der Waals surface area contributed by atoms with Gasteiger partial charge in [-0.1, -0.05) is 54.6 Å². The van der Waals surface area contributed by atoms with Crippen molar-refractivity contribution in [3.63, 3.8) is 0 Å². The van der Waals surface area contributed by atoms with Crippen molar-refractivity contribution in [3.8, 4) is 11.1 Å². The third-order valence-electron chi connectivity index (χ3n) is 2.82. The predicted octanol–water partition coefficient (Wildman–Crippen LogP) is 3.22. The summed E-state index contributed by atoms with van der Waals surface area (Å²) in [7, 11) is 3.59. The van der Waals surface area contributed by atoms with Crippen molar-refractivity contribution in [2.75, 3.05) is 14.2 Å². The molecule has 2 nitrogen and oxygen atoms in total.